The average Bonchev–Trinajstić information content (AvgIpc) is 3.32. The lowest BCUT2D eigenvalue weighted by atomic mass is 9.96. The molecule has 6 nitrogen and oxygen atoms in total. The molecule has 0 bridgehead atoms. The van der Waals surface area contributed by atoms with E-state index >= 15 is 0 Å². The zero-order chi connectivity index (χ0) is 18.8. The summed E-state index contributed by atoms with van der Waals surface area (Å²) >= 11 is 1.49. The van der Waals surface area contributed by atoms with E-state index in [2.05, 4.69) is 10.2 Å². The fraction of sp³-hybridized carbons (Fsp3) is 0.400. The van der Waals surface area contributed by atoms with Gasteiger partial charge in [-0.2, -0.15) is 0 Å². The lowest BCUT2D eigenvalue weighted by molar-refractivity contribution is -0.132. The van der Waals surface area contributed by atoms with Crippen LogP contribution in [0, 0.1) is 6.92 Å². The number of rotatable bonds is 5. The minimum absolute atomic E-state index is 0.0511. The molecule has 0 aliphatic carbocycles. The fourth-order valence-corrected chi connectivity index (χ4v) is 4.47. The molecule has 0 spiro atoms. The third-order valence-electron chi connectivity index (χ3n) is 5.06. The van der Waals surface area contributed by atoms with Gasteiger partial charge in [0.05, 0.1) is 4.88 Å². The summed E-state index contributed by atoms with van der Waals surface area (Å²) in [7, 11) is 0. The van der Waals surface area contributed by atoms with E-state index < -0.39 is 0 Å². The molecule has 1 saturated heterocycles. The zero-order valence-corrected chi connectivity index (χ0v) is 16.1. The number of fused-ring (bicyclic) bond motifs is 1. The molecular weight excluding hydrogens is 360 g/mol. The lowest BCUT2D eigenvalue weighted by Crippen LogP contribution is -2.39. The summed E-state index contributed by atoms with van der Waals surface area (Å²) in [6.07, 6.45) is 4.44. The number of piperidine rings is 1. The van der Waals surface area contributed by atoms with Gasteiger partial charge < -0.3 is 4.90 Å². The van der Waals surface area contributed by atoms with Crippen molar-refractivity contribution in [3.05, 3.63) is 52.1 Å². The van der Waals surface area contributed by atoms with Gasteiger partial charge >= 0.3 is 0 Å². The van der Waals surface area contributed by atoms with Gasteiger partial charge in [-0.25, -0.2) is 0 Å². The summed E-state index contributed by atoms with van der Waals surface area (Å²) in [6.45, 7) is 3.37. The topological polar surface area (TPSA) is 67.6 Å². The third kappa shape index (κ3) is 3.78. The van der Waals surface area contributed by atoms with Crippen molar-refractivity contribution in [1.82, 2.24) is 19.5 Å². The van der Waals surface area contributed by atoms with E-state index in [-0.39, 0.29) is 30.4 Å². The molecule has 0 radical (unpaired) electrons. The van der Waals surface area contributed by atoms with Crippen LogP contribution in [-0.4, -0.2) is 44.3 Å². The second kappa shape index (κ2) is 7.60. The maximum absolute atomic E-state index is 12.7. The predicted molar refractivity (Wildman–Crippen MR) is 104 cm³/mol. The number of carbonyl (C=O) groups excluding carboxylic acids is 2. The summed E-state index contributed by atoms with van der Waals surface area (Å²) in [6, 6.07) is 9.62. The van der Waals surface area contributed by atoms with E-state index in [0.29, 0.717) is 6.54 Å². The van der Waals surface area contributed by atoms with Gasteiger partial charge in [-0.1, -0.05) is 6.07 Å². The van der Waals surface area contributed by atoms with Crippen molar-refractivity contribution in [2.24, 2.45) is 0 Å². The van der Waals surface area contributed by atoms with E-state index in [9.17, 15) is 9.59 Å². The highest BCUT2D eigenvalue weighted by atomic mass is 32.1. The molecular formula is C20H22N4O2S. The molecule has 1 amide bonds. The third-order valence-corrected chi connectivity index (χ3v) is 6.10. The summed E-state index contributed by atoms with van der Waals surface area (Å²) in [4.78, 5) is 28.7. The molecule has 7 heteroatoms. The molecule has 4 rings (SSSR count). The highest BCUT2D eigenvalue weighted by molar-refractivity contribution is 7.14. The Bertz CT molecular complexity index is 977. The summed E-state index contributed by atoms with van der Waals surface area (Å²) < 4.78 is 2.00. The SMILES string of the molecule is Cc1ccc(C(=O)CCC(=O)N2CCC[C@@H](c3nnc4ccccn34)C2)s1. The maximum Gasteiger partial charge on any atom is 0.223 e. The minimum atomic E-state index is 0.0511. The quantitative estimate of drug-likeness (QED) is 0.634. The number of aryl methyl sites for hydroxylation is 1. The first-order valence-corrected chi connectivity index (χ1v) is 10.1. The van der Waals surface area contributed by atoms with Gasteiger partial charge in [-0.3, -0.25) is 14.0 Å². The van der Waals surface area contributed by atoms with Crippen LogP contribution in [0.25, 0.3) is 5.65 Å². The van der Waals surface area contributed by atoms with E-state index in [1.807, 2.05) is 52.8 Å². The van der Waals surface area contributed by atoms with Crippen molar-refractivity contribution in [2.75, 3.05) is 13.1 Å². The minimum Gasteiger partial charge on any atom is -0.342 e. The van der Waals surface area contributed by atoms with E-state index in [0.717, 1.165) is 40.6 Å². The second-order valence-corrected chi connectivity index (χ2v) is 8.29. The number of nitrogens with zero attached hydrogens (tertiary/aromatic N) is 4. The molecule has 1 aliphatic heterocycles. The molecule has 0 unspecified atom stereocenters. The first-order chi connectivity index (χ1) is 13.1. The monoisotopic (exact) mass is 382 g/mol. The largest absolute Gasteiger partial charge is 0.342 e. The first kappa shape index (κ1) is 17.9. The van der Waals surface area contributed by atoms with Crippen LogP contribution in [0.3, 0.4) is 0 Å². The standard InChI is InChI=1S/C20H22N4O2S/c1-14-7-9-17(27-14)16(25)8-10-19(26)23-11-4-5-15(13-23)20-22-21-18-6-2-3-12-24(18)20/h2-3,6-7,9,12,15H,4-5,8,10-11,13H2,1H3/t15-/m1/s1. The number of amides is 1. The number of likely N-dealkylation sites (tertiary alicyclic amines) is 1. The number of Topliss-reactive ketones (excluding diaryl/α,β-unsaturated/α-hetero) is 1. The molecule has 1 aliphatic rings. The smallest absolute Gasteiger partial charge is 0.223 e. The van der Waals surface area contributed by atoms with Gasteiger partial charge in [0.25, 0.3) is 0 Å². The summed E-state index contributed by atoms with van der Waals surface area (Å²) in [5.41, 5.74) is 0.827. The van der Waals surface area contributed by atoms with Crippen molar-refractivity contribution in [3.63, 3.8) is 0 Å². The van der Waals surface area contributed by atoms with Gasteiger partial charge in [-0.05, 0) is 44.0 Å². The molecule has 3 aromatic heterocycles. The van der Waals surface area contributed by atoms with Crippen LogP contribution in [-0.2, 0) is 4.79 Å². The molecule has 1 fully saturated rings. The van der Waals surface area contributed by atoms with Crippen LogP contribution in [0.5, 0.6) is 0 Å². The molecule has 0 aromatic carbocycles. The summed E-state index contributed by atoms with van der Waals surface area (Å²) in [5.74, 6) is 1.19. The van der Waals surface area contributed by atoms with Crippen molar-refractivity contribution in [2.45, 2.75) is 38.5 Å². The fourth-order valence-electron chi connectivity index (χ4n) is 3.64. The van der Waals surface area contributed by atoms with Crippen LogP contribution in [0.4, 0.5) is 0 Å². The van der Waals surface area contributed by atoms with E-state index in [1.165, 1.54) is 11.3 Å². The van der Waals surface area contributed by atoms with Crippen LogP contribution in [0.1, 0.15) is 52.0 Å². The van der Waals surface area contributed by atoms with Crippen molar-refractivity contribution < 1.29 is 9.59 Å². The van der Waals surface area contributed by atoms with E-state index in [4.69, 9.17) is 0 Å². The maximum atomic E-state index is 12.7. The number of hydrogen-bond donors (Lipinski definition) is 0. The molecule has 0 N–H and O–H groups in total. The van der Waals surface area contributed by atoms with E-state index in [1.54, 1.807) is 0 Å². The van der Waals surface area contributed by atoms with Crippen molar-refractivity contribution in [3.8, 4) is 0 Å². The Morgan fingerprint density at radius 1 is 1.19 bits per heavy atom. The van der Waals surface area contributed by atoms with Gasteiger partial charge in [0.15, 0.2) is 11.4 Å². The Morgan fingerprint density at radius 3 is 2.89 bits per heavy atom. The van der Waals surface area contributed by atoms with Crippen LogP contribution < -0.4 is 0 Å². The molecule has 4 heterocycles. The zero-order valence-electron chi connectivity index (χ0n) is 15.3. The number of aromatic nitrogens is 3. The number of hydrogen-bond acceptors (Lipinski definition) is 5. The van der Waals surface area contributed by atoms with Crippen LogP contribution >= 0.6 is 11.3 Å². The number of carbonyl (C=O) groups is 2. The molecule has 27 heavy (non-hydrogen) atoms. The van der Waals surface area contributed by atoms with Gasteiger partial charge in [0, 0.05) is 42.9 Å². The van der Waals surface area contributed by atoms with Crippen molar-refractivity contribution in [1.29, 1.82) is 0 Å². The molecule has 0 saturated carbocycles. The van der Waals surface area contributed by atoms with Crippen LogP contribution in [0.15, 0.2) is 36.5 Å². The Balaban J connectivity index is 1.39. The molecule has 140 valence electrons. The number of ketones is 1. The number of thiophene rings is 1. The highest BCUT2D eigenvalue weighted by Gasteiger charge is 2.28. The molecule has 3 aromatic rings. The number of pyridine rings is 1. The Kier molecular flexibility index (Phi) is 5.03. The molecule has 1 atom stereocenters. The normalized spacial score (nSPS) is 17.4. The Morgan fingerprint density at radius 2 is 2.07 bits per heavy atom. The second-order valence-electron chi connectivity index (χ2n) is 7.00. The van der Waals surface area contributed by atoms with Crippen LogP contribution in [0.2, 0.25) is 0 Å². The van der Waals surface area contributed by atoms with Crippen molar-refractivity contribution >= 4 is 28.7 Å². The Hall–Kier alpha value is -2.54. The summed E-state index contributed by atoms with van der Waals surface area (Å²) in [5, 5.41) is 8.58. The average molecular weight is 382 g/mol. The predicted octanol–water partition coefficient (Wildman–Crippen LogP) is 3.47. The van der Waals surface area contributed by atoms with Gasteiger partial charge in [0.1, 0.15) is 5.82 Å². The lowest BCUT2D eigenvalue weighted by Gasteiger charge is -2.32. The van der Waals surface area contributed by atoms with Gasteiger partial charge in [-0.15, -0.1) is 21.5 Å². The Labute approximate surface area is 161 Å². The van der Waals surface area contributed by atoms with Gasteiger partial charge in [0.2, 0.25) is 5.91 Å². The highest BCUT2D eigenvalue weighted by Crippen LogP contribution is 2.27. The first-order valence-electron chi connectivity index (χ1n) is 9.29.